The van der Waals surface area contributed by atoms with Crippen molar-refractivity contribution in [2.24, 2.45) is 5.73 Å². The molecule has 0 aliphatic carbocycles. The molecule has 1 aromatic rings. The third-order valence-corrected chi connectivity index (χ3v) is 2.81. The van der Waals surface area contributed by atoms with Gasteiger partial charge < -0.3 is 10.5 Å². The SMILES string of the molecule is COc1cc(C(=O)CCN)c(Br)cc1C. The summed E-state index contributed by atoms with van der Waals surface area (Å²) in [7, 11) is 1.59. The molecule has 15 heavy (non-hydrogen) atoms. The lowest BCUT2D eigenvalue weighted by molar-refractivity contribution is 0.0984. The molecule has 0 amide bonds. The fourth-order valence-corrected chi connectivity index (χ4v) is 2.03. The average Bonchev–Trinajstić information content (AvgIpc) is 2.18. The van der Waals surface area contributed by atoms with Gasteiger partial charge in [0.1, 0.15) is 5.75 Å². The standard InChI is InChI=1S/C11H14BrNO2/c1-7-5-9(12)8(6-11(7)15-2)10(14)3-4-13/h5-6H,3-4,13H2,1-2H3. The Morgan fingerprint density at radius 1 is 1.53 bits per heavy atom. The van der Waals surface area contributed by atoms with Gasteiger partial charge in [-0.25, -0.2) is 0 Å². The summed E-state index contributed by atoms with van der Waals surface area (Å²) in [5.41, 5.74) is 6.97. The molecule has 82 valence electrons. The van der Waals surface area contributed by atoms with Gasteiger partial charge >= 0.3 is 0 Å². The smallest absolute Gasteiger partial charge is 0.165 e. The number of rotatable bonds is 4. The van der Waals surface area contributed by atoms with Gasteiger partial charge in [-0.15, -0.1) is 0 Å². The van der Waals surface area contributed by atoms with E-state index in [4.69, 9.17) is 10.5 Å². The van der Waals surface area contributed by atoms with Crippen molar-refractivity contribution in [3.05, 3.63) is 27.7 Å². The fourth-order valence-electron chi connectivity index (χ4n) is 1.35. The molecule has 1 rings (SSSR count). The summed E-state index contributed by atoms with van der Waals surface area (Å²) in [5, 5.41) is 0. The molecule has 0 bridgehead atoms. The molecule has 0 fully saturated rings. The molecule has 3 nitrogen and oxygen atoms in total. The van der Waals surface area contributed by atoms with Crippen molar-refractivity contribution in [1.82, 2.24) is 0 Å². The van der Waals surface area contributed by atoms with E-state index in [0.717, 1.165) is 15.8 Å². The summed E-state index contributed by atoms with van der Waals surface area (Å²) >= 11 is 3.36. The molecular formula is C11H14BrNO2. The van der Waals surface area contributed by atoms with E-state index in [1.807, 2.05) is 13.0 Å². The van der Waals surface area contributed by atoms with Gasteiger partial charge in [-0.2, -0.15) is 0 Å². The molecule has 2 N–H and O–H groups in total. The quantitative estimate of drug-likeness (QED) is 0.855. The van der Waals surface area contributed by atoms with E-state index in [0.29, 0.717) is 18.5 Å². The van der Waals surface area contributed by atoms with Gasteiger partial charge in [0, 0.05) is 16.5 Å². The van der Waals surface area contributed by atoms with Crippen LogP contribution in [0.5, 0.6) is 5.75 Å². The van der Waals surface area contributed by atoms with Crippen LogP contribution in [0.1, 0.15) is 22.3 Å². The zero-order chi connectivity index (χ0) is 11.4. The Bertz CT molecular complexity index is 377. The highest BCUT2D eigenvalue weighted by Crippen LogP contribution is 2.27. The Morgan fingerprint density at radius 3 is 2.73 bits per heavy atom. The number of halogens is 1. The Hall–Kier alpha value is -0.870. The summed E-state index contributed by atoms with van der Waals surface area (Å²) in [6.07, 6.45) is 0.352. The van der Waals surface area contributed by atoms with Crippen molar-refractivity contribution in [1.29, 1.82) is 0 Å². The maximum Gasteiger partial charge on any atom is 0.165 e. The number of methoxy groups -OCH3 is 1. The van der Waals surface area contributed by atoms with E-state index in [-0.39, 0.29) is 5.78 Å². The zero-order valence-electron chi connectivity index (χ0n) is 8.84. The van der Waals surface area contributed by atoms with Crippen molar-refractivity contribution in [2.75, 3.05) is 13.7 Å². The summed E-state index contributed by atoms with van der Waals surface area (Å²) in [6, 6.07) is 3.62. The number of benzene rings is 1. The van der Waals surface area contributed by atoms with Gasteiger partial charge in [-0.1, -0.05) is 15.9 Å². The fraction of sp³-hybridized carbons (Fsp3) is 0.364. The van der Waals surface area contributed by atoms with Crippen LogP contribution in [-0.2, 0) is 0 Å². The van der Waals surface area contributed by atoms with Crippen LogP contribution in [-0.4, -0.2) is 19.4 Å². The molecule has 0 unspecified atom stereocenters. The highest BCUT2D eigenvalue weighted by molar-refractivity contribution is 9.10. The minimum absolute atomic E-state index is 0.0303. The average molecular weight is 272 g/mol. The number of nitrogens with two attached hydrogens (primary N) is 1. The van der Waals surface area contributed by atoms with Crippen molar-refractivity contribution >= 4 is 21.7 Å². The van der Waals surface area contributed by atoms with Crippen LogP contribution in [0.2, 0.25) is 0 Å². The molecule has 0 saturated carbocycles. The maximum absolute atomic E-state index is 11.7. The first kappa shape index (κ1) is 12.2. The van der Waals surface area contributed by atoms with Crippen LogP contribution < -0.4 is 10.5 Å². The molecule has 0 saturated heterocycles. The lowest BCUT2D eigenvalue weighted by atomic mass is 10.1. The highest BCUT2D eigenvalue weighted by Gasteiger charge is 2.12. The van der Waals surface area contributed by atoms with E-state index in [1.165, 1.54) is 0 Å². The molecule has 4 heteroatoms. The number of carbonyl (C=O) groups is 1. The molecule has 0 aliphatic heterocycles. The lowest BCUT2D eigenvalue weighted by Crippen LogP contribution is -2.09. The van der Waals surface area contributed by atoms with Gasteiger partial charge in [0.2, 0.25) is 0 Å². The summed E-state index contributed by atoms with van der Waals surface area (Å²) in [6.45, 7) is 2.29. The Labute approximate surface area is 97.7 Å². The Morgan fingerprint density at radius 2 is 2.20 bits per heavy atom. The monoisotopic (exact) mass is 271 g/mol. The van der Waals surface area contributed by atoms with E-state index < -0.39 is 0 Å². The number of aryl methyl sites for hydroxylation is 1. The maximum atomic E-state index is 11.7. The second-order valence-corrected chi connectivity index (χ2v) is 4.12. The molecule has 0 heterocycles. The summed E-state index contributed by atoms with van der Waals surface area (Å²) < 4.78 is 5.96. The number of Topliss-reactive ketones (excluding diaryl/α,β-unsaturated/α-hetero) is 1. The van der Waals surface area contributed by atoms with Crippen molar-refractivity contribution in [3.63, 3.8) is 0 Å². The van der Waals surface area contributed by atoms with Crippen LogP contribution in [0.25, 0.3) is 0 Å². The molecule has 0 spiro atoms. The van der Waals surface area contributed by atoms with Crippen molar-refractivity contribution in [3.8, 4) is 5.75 Å². The van der Waals surface area contributed by atoms with Crippen LogP contribution in [0, 0.1) is 6.92 Å². The highest BCUT2D eigenvalue weighted by atomic mass is 79.9. The van der Waals surface area contributed by atoms with Gasteiger partial charge in [-0.3, -0.25) is 4.79 Å². The number of hydrogen-bond acceptors (Lipinski definition) is 3. The van der Waals surface area contributed by atoms with Gasteiger partial charge in [0.25, 0.3) is 0 Å². The van der Waals surface area contributed by atoms with Crippen molar-refractivity contribution < 1.29 is 9.53 Å². The second kappa shape index (κ2) is 5.28. The molecule has 0 atom stereocenters. The number of hydrogen-bond donors (Lipinski definition) is 1. The first-order valence-electron chi connectivity index (χ1n) is 4.67. The predicted molar refractivity (Wildman–Crippen MR) is 63.4 cm³/mol. The van der Waals surface area contributed by atoms with Crippen LogP contribution >= 0.6 is 15.9 Å². The topological polar surface area (TPSA) is 52.3 Å². The summed E-state index contributed by atoms with van der Waals surface area (Å²) in [5.74, 6) is 0.751. The van der Waals surface area contributed by atoms with Gasteiger partial charge in [0.15, 0.2) is 5.78 Å². The predicted octanol–water partition coefficient (Wildman–Crippen LogP) is 2.30. The molecule has 1 aromatic carbocycles. The molecular weight excluding hydrogens is 258 g/mol. The van der Waals surface area contributed by atoms with Crippen LogP contribution in [0.15, 0.2) is 16.6 Å². The molecule has 0 aromatic heterocycles. The summed E-state index contributed by atoms with van der Waals surface area (Å²) in [4.78, 5) is 11.7. The molecule has 0 aliphatic rings. The van der Waals surface area contributed by atoms with Gasteiger partial charge in [0.05, 0.1) is 7.11 Å². The van der Waals surface area contributed by atoms with E-state index >= 15 is 0 Å². The Kier molecular flexibility index (Phi) is 4.29. The van der Waals surface area contributed by atoms with E-state index in [1.54, 1.807) is 13.2 Å². The third kappa shape index (κ3) is 2.79. The largest absolute Gasteiger partial charge is 0.496 e. The third-order valence-electron chi connectivity index (χ3n) is 2.16. The van der Waals surface area contributed by atoms with Crippen molar-refractivity contribution in [2.45, 2.75) is 13.3 Å². The minimum Gasteiger partial charge on any atom is -0.496 e. The zero-order valence-corrected chi connectivity index (χ0v) is 10.4. The number of ketones is 1. The normalized spacial score (nSPS) is 10.1. The first-order valence-corrected chi connectivity index (χ1v) is 5.46. The minimum atomic E-state index is 0.0303. The lowest BCUT2D eigenvalue weighted by Gasteiger charge is -2.09. The van der Waals surface area contributed by atoms with E-state index in [9.17, 15) is 4.79 Å². The number of ether oxygens (including phenoxy) is 1. The van der Waals surface area contributed by atoms with E-state index in [2.05, 4.69) is 15.9 Å². The van der Waals surface area contributed by atoms with Gasteiger partial charge in [-0.05, 0) is 31.2 Å². The van der Waals surface area contributed by atoms with Crippen LogP contribution in [0.4, 0.5) is 0 Å². The first-order chi connectivity index (χ1) is 7.10. The number of carbonyl (C=O) groups excluding carboxylic acids is 1. The second-order valence-electron chi connectivity index (χ2n) is 3.26. The van der Waals surface area contributed by atoms with Crippen LogP contribution in [0.3, 0.4) is 0 Å². The molecule has 0 radical (unpaired) electrons. The Balaban J connectivity index is 3.12.